The molecule has 7 heteroatoms. The van der Waals surface area contributed by atoms with Crippen molar-refractivity contribution in [3.8, 4) is 0 Å². The number of fused-ring (bicyclic) bond motifs is 1. The number of alkyl halides is 3. The van der Waals surface area contributed by atoms with E-state index in [0.29, 0.717) is 12.8 Å². The number of carbonyl (C=O) groups excluding carboxylic acids is 1. The van der Waals surface area contributed by atoms with E-state index in [9.17, 15) is 23.1 Å². The Bertz CT molecular complexity index is 782. The fraction of sp³-hybridized carbons (Fsp3) is 0.600. The van der Waals surface area contributed by atoms with E-state index in [1.165, 1.54) is 12.1 Å². The van der Waals surface area contributed by atoms with Crippen LogP contribution in [0, 0.1) is 24.2 Å². The predicted molar refractivity (Wildman–Crippen MR) is 96.1 cm³/mol. The van der Waals surface area contributed by atoms with Crippen LogP contribution in [0.15, 0.2) is 29.4 Å². The lowest BCUT2D eigenvalue weighted by atomic mass is 9.66. The van der Waals surface area contributed by atoms with E-state index in [2.05, 4.69) is 5.10 Å². The van der Waals surface area contributed by atoms with Crippen molar-refractivity contribution in [3.63, 3.8) is 0 Å². The highest BCUT2D eigenvalue weighted by Crippen LogP contribution is 2.52. The molecular formula is C20H25F3N2O2. The topological polar surface area (TPSA) is 52.9 Å². The van der Waals surface area contributed by atoms with E-state index in [-0.39, 0.29) is 34.0 Å². The van der Waals surface area contributed by atoms with Crippen molar-refractivity contribution < 1.29 is 23.1 Å². The number of nitrogens with zero attached hydrogens (tertiary/aromatic N) is 2. The zero-order valence-electron chi connectivity index (χ0n) is 16.0. The minimum Gasteiger partial charge on any atom is -0.362 e. The molecule has 1 fully saturated rings. The Morgan fingerprint density at radius 1 is 1.30 bits per heavy atom. The number of carbonyl (C=O) groups is 1. The Morgan fingerprint density at radius 3 is 2.52 bits per heavy atom. The molecule has 3 atom stereocenters. The summed E-state index contributed by atoms with van der Waals surface area (Å²) in [7, 11) is 0. The lowest BCUT2D eigenvalue weighted by Crippen LogP contribution is -2.62. The van der Waals surface area contributed by atoms with Crippen LogP contribution in [0.1, 0.15) is 56.0 Å². The van der Waals surface area contributed by atoms with Gasteiger partial charge in [-0.15, -0.1) is 0 Å². The van der Waals surface area contributed by atoms with E-state index < -0.39 is 23.7 Å². The first-order valence-corrected chi connectivity index (χ1v) is 9.13. The maximum absolute atomic E-state index is 14.0. The molecule has 1 aliphatic heterocycles. The first-order chi connectivity index (χ1) is 12.4. The summed E-state index contributed by atoms with van der Waals surface area (Å²) >= 11 is 0. The minimum atomic E-state index is -5.01. The zero-order valence-corrected chi connectivity index (χ0v) is 16.0. The molecule has 27 heavy (non-hydrogen) atoms. The Kier molecular flexibility index (Phi) is 4.65. The normalized spacial score (nSPS) is 28.7. The van der Waals surface area contributed by atoms with Crippen LogP contribution in [0.25, 0.3) is 0 Å². The van der Waals surface area contributed by atoms with Crippen molar-refractivity contribution in [1.82, 2.24) is 5.01 Å². The van der Waals surface area contributed by atoms with Gasteiger partial charge in [-0.25, -0.2) is 0 Å². The number of aryl methyl sites for hydroxylation is 1. The molecule has 0 unspecified atom stereocenters. The van der Waals surface area contributed by atoms with Gasteiger partial charge in [0.2, 0.25) is 0 Å². The van der Waals surface area contributed by atoms with Crippen molar-refractivity contribution in [3.05, 3.63) is 35.4 Å². The SMILES string of the molecule is Cc1cccc(C(=O)N2N=C3CC[C@H](C(C)(C)C)C[C@H]3[C@@]2(O)C(F)(F)F)c1. The van der Waals surface area contributed by atoms with Crippen LogP contribution in [0.3, 0.4) is 0 Å². The summed E-state index contributed by atoms with van der Waals surface area (Å²) in [6.45, 7) is 7.70. The predicted octanol–water partition coefficient (Wildman–Crippen LogP) is 4.52. The zero-order chi connectivity index (χ0) is 20.2. The molecule has 4 nitrogen and oxygen atoms in total. The molecule has 0 bridgehead atoms. The Hall–Kier alpha value is -1.89. The van der Waals surface area contributed by atoms with E-state index in [0.717, 1.165) is 5.56 Å². The van der Waals surface area contributed by atoms with Crippen molar-refractivity contribution in [2.24, 2.45) is 22.4 Å². The highest BCUT2D eigenvalue weighted by Gasteiger charge is 2.69. The molecule has 1 aliphatic carbocycles. The van der Waals surface area contributed by atoms with Crippen LogP contribution in [0.2, 0.25) is 0 Å². The molecule has 1 N–H and O–H groups in total. The molecule has 0 spiro atoms. The first-order valence-electron chi connectivity index (χ1n) is 9.13. The van der Waals surface area contributed by atoms with Gasteiger partial charge < -0.3 is 5.11 Å². The van der Waals surface area contributed by atoms with Crippen molar-refractivity contribution in [2.75, 3.05) is 0 Å². The van der Waals surface area contributed by atoms with Gasteiger partial charge in [0.05, 0.1) is 5.92 Å². The smallest absolute Gasteiger partial charge is 0.362 e. The summed E-state index contributed by atoms with van der Waals surface area (Å²) in [6, 6.07) is 6.28. The highest BCUT2D eigenvalue weighted by molar-refractivity contribution is 5.99. The molecule has 0 aromatic heterocycles. The molecule has 148 valence electrons. The molecule has 2 aliphatic rings. The third-order valence-corrected chi connectivity index (χ3v) is 5.81. The fourth-order valence-electron chi connectivity index (χ4n) is 4.11. The monoisotopic (exact) mass is 382 g/mol. The first kappa shape index (κ1) is 19.9. The molecular weight excluding hydrogens is 357 g/mol. The summed E-state index contributed by atoms with van der Waals surface area (Å²) in [6.07, 6.45) is -3.82. The molecule has 3 rings (SSSR count). The molecule has 0 saturated heterocycles. The second-order valence-electron chi connectivity index (χ2n) is 8.69. The number of halogens is 3. The van der Waals surface area contributed by atoms with Gasteiger partial charge in [0, 0.05) is 11.3 Å². The fourth-order valence-corrected chi connectivity index (χ4v) is 4.11. The van der Waals surface area contributed by atoms with Crippen LogP contribution >= 0.6 is 0 Å². The van der Waals surface area contributed by atoms with E-state index >= 15 is 0 Å². The quantitative estimate of drug-likeness (QED) is 0.776. The number of aliphatic hydroxyl groups is 1. The summed E-state index contributed by atoms with van der Waals surface area (Å²) in [5.74, 6) is -2.17. The van der Waals surface area contributed by atoms with Crippen molar-refractivity contribution >= 4 is 11.6 Å². The van der Waals surface area contributed by atoms with Crippen LogP contribution in [0.5, 0.6) is 0 Å². The lowest BCUT2D eigenvalue weighted by molar-refractivity contribution is -0.314. The van der Waals surface area contributed by atoms with Crippen molar-refractivity contribution in [2.45, 2.75) is 58.9 Å². The largest absolute Gasteiger partial charge is 0.439 e. The van der Waals surface area contributed by atoms with Crippen LogP contribution in [-0.4, -0.2) is 33.6 Å². The van der Waals surface area contributed by atoms with Gasteiger partial charge >= 0.3 is 6.18 Å². The number of hydrogen-bond acceptors (Lipinski definition) is 3. The second-order valence-corrected chi connectivity index (χ2v) is 8.69. The van der Waals surface area contributed by atoms with Crippen LogP contribution in [0.4, 0.5) is 13.2 Å². The molecule has 1 aromatic rings. The number of hydrazone groups is 1. The van der Waals surface area contributed by atoms with Gasteiger partial charge in [0.15, 0.2) is 0 Å². The Morgan fingerprint density at radius 2 is 1.96 bits per heavy atom. The second kappa shape index (κ2) is 6.33. The summed E-state index contributed by atoms with van der Waals surface area (Å²) < 4.78 is 42.1. The highest BCUT2D eigenvalue weighted by atomic mass is 19.4. The number of rotatable bonds is 1. The van der Waals surface area contributed by atoms with Crippen LogP contribution < -0.4 is 0 Å². The molecule has 1 saturated carbocycles. The maximum Gasteiger partial charge on any atom is 0.439 e. The number of amides is 1. The number of hydrogen-bond donors (Lipinski definition) is 1. The third kappa shape index (κ3) is 3.26. The van der Waals surface area contributed by atoms with Gasteiger partial charge in [-0.1, -0.05) is 38.5 Å². The van der Waals surface area contributed by atoms with E-state index in [4.69, 9.17) is 0 Å². The summed E-state index contributed by atoms with van der Waals surface area (Å²) in [5, 5.41) is 15.1. The van der Waals surface area contributed by atoms with Crippen molar-refractivity contribution in [1.29, 1.82) is 0 Å². The van der Waals surface area contributed by atoms with E-state index in [1.54, 1.807) is 19.1 Å². The molecule has 0 radical (unpaired) electrons. The molecule has 1 aromatic carbocycles. The Labute approximate surface area is 157 Å². The summed E-state index contributed by atoms with van der Waals surface area (Å²) in [4.78, 5) is 12.8. The van der Waals surface area contributed by atoms with Crippen LogP contribution in [-0.2, 0) is 0 Å². The maximum atomic E-state index is 14.0. The lowest BCUT2D eigenvalue weighted by Gasteiger charge is -2.42. The minimum absolute atomic E-state index is 0.00402. The molecule has 1 heterocycles. The third-order valence-electron chi connectivity index (χ3n) is 5.81. The average Bonchev–Trinajstić information content (AvgIpc) is 2.87. The van der Waals surface area contributed by atoms with Gasteiger partial charge in [0.25, 0.3) is 11.6 Å². The number of benzene rings is 1. The van der Waals surface area contributed by atoms with Gasteiger partial charge in [-0.2, -0.15) is 23.3 Å². The summed E-state index contributed by atoms with van der Waals surface area (Å²) in [5.41, 5.74) is -2.42. The standard InChI is InChI=1S/C20H25F3N2O2/c1-12-6-5-7-13(10-12)17(26)25-19(27,20(21,22)23)15-11-14(18(2,3)4)8-9-16(15)24-25/h5-7,10,14-15,27H,8-9,11H2,1-4H3/t14-,15+,19+/m0/s1. The van der Waals surface area contributed by atoms with E-state index in [1.807, 2.05) is 20.8 Å². The average molecular weight is 382 g/mol. The van der Waals surface area contributed by atoms with Gasteiger partial charge in [-0.05, 0) is 49.7 Å². The Balaban J connectivity index is 2.02. The van der Waals surface area contributed by atoms with Gasteiger partial charge in [0.1, 0.15) is 0 Å². The molecule has 1 amide bonds. The van der Waals surface area contributed by atoms with Gasteiger partial charge in [-0.3, -0.25) is 4.79 Å².